The van der Waals surface area contributed by atoms with Gasteiger partial charge in [-0.3, -0.25) is 0 Å². The van der Waals surface area contributed by atoms with Gasteiger partial charge in [-0.1, -0.05) is 25.2 Å². The van der Waals surface area contributed by atoms with Crippen LogP contribution in [0.5, 0.6) is 0 Å². The van der Waals surface area contributed by atoms with Crippen LogP contribution in [0.15, 0.2) is 24.0 Å². The standard InChI is InChI=1S/C13H24N2/c1-3-10-14-12(2)15-11-6-4-5-7-13-8-9-13/h7,14-15H,2-6,8-11H2,1H3. The van der Waals surface area contributed by atoms with Gasteiger partial charge in [0.25, 0.3) is 0 Å². The van der Waals surface area contributed by atoms with Crippen LogP contribution < -0.4 is 10.6 Å². The Morgan fingerprint density at radius 3 is 2.67 bits per heavy atom. The summed E-state index contributed by atoms with van der Waals surface area (Å²) in [6, 6.07) is 0. The van der Waals surface area contributed by atoms with Crippen LogP contribution >= 0.6 is 0 Å². The van der Waals surface area contributed by atoms with Gasteiger partial charge in [0, 0.05) is 13.1 Å². The smallest absolute Gasteiger partial charge is 0.0912 e. The first-order valence-corrected chi connectivity index (χ1v) is 6.17. The first-order valence-electron chi connectivity index (χ1n) is 6.17. The number of unbranched alkanes of at least 4 members (excludes halogenated alkanes) is 2. The molecular formula is C13H24N2. The maximum absolute atomic E-state index is 3.91. The number of rotatable bonds is 9. The molecule has 86 valence electrons. The average Bonchev–Trinajstić information content (AvgIpc) is 3.04. The molecule has 0 amide bonds. The predicted octanol–water partition coefficient (Wildman–Crippen LogP) is 2.94. The quantitative estimate of drug-likeness (QED) is 0.450. The molecule has 0 bridgehead atoms. The molecule has 1 saturated carbocycles. The van der Waals surface area contributed by atoms with Gasteiger partial charge in [0.15, 0.2) is 0 Å². The van der Waals surface area contributed by atoms with E-state index >= 15 is 0 Å². The van der Waals surface area contributed by atoms with Gasteiger partial charge in [-0.15, -0.1) is 0 Å². The second-order valence-corrected chi connectivity index (χ2v) is 4.19. The molecular weight excluding hydrogens is 184 g/mol. The minimum atomic E-state index is 0.970. The van der Waals surface area contributed by atoms with Gasteiger partial charge in [0.05, 0.1) is 5.82 Å². The van der Waals surface area contributed by atoms with Crippen molar-refractivity contribution in [1.82, 2.24) is 10.6 Å². The highest BCUT2D eigenvalue weighted by atomic mass is 15.1. The van der Waals surface area contributed by atoms with Gasteiger partial charge in [-0.25, -0.2) is 0 Å². The maximum Gasteiger partial charge on any atom is 0.0912 e. The van der Waals surface area contributed by atoms with Crippen LogP contribution in [-0.2, 0) is 0 Å². The summed E-state index contributed by atoms with van der Waals surface area (Å²) >= 11 is 0. The van der Waals surface area contributed by atoms with Gasteiger partial charge in [0.1, 0.15) is 0 Å². The monoisotopic (exact) mass is 208 g/mol. The lowest BCUT2D eigenvalue weighted by Crippen LogP contribution is -2.26. The predicted molar refractivity (Wildman–Crippen MR) is 66.6 cm³/mol. The Morgan fingerprint density at radius 2 is 2.00 bits per heavy atom. The number of allylic oxidation sites excluding steroid dienone is 2. The summed E-state index contributed by atoms with van der Waals surface area (Å²) in [5, 5.41) is 6.53. The minimum absolute atomic E-state index is 0.970. The van der Waals surface area contributed by atoms with Gasteiger partial charge in [-0.05, 0) is 38.5 Å². The van der Waals surface area contributed by atoms with Crippen molar-refractivity contribution < 1.29 is 0 Å². The zero-order valence-electron chi connectivity index (χ0n) is 9.94. The van der Waals surface area contributed by atoms with E-state index < -0.39 is 0 Å². The molecule has 1 aliphatic carbocycles. The molecule has 1 rings (SSSR count). The lowest BCUT2D eigenvalue weighted by molar-refractivity contribution is 0.633. The number of hydrogen-bond donors (Lipinski definition) is 2. The molecule has 0 aliphatic heterocycles. The van der Waals surface area contributed by atoms with E-state index in [-0.39, 0.29) is 0 Å². The average molecular weight is 208 g/mol. The second-order valence-electron chi connectivity index (χ2n) is 4.19. The third-order valence-electron chi connectivity index (χ3n) is 2.53. The molecule has 2 heteroatoms. The topological polar surface area (TPSA) is 24.1 Å². The molecule has 0 atom stereocenters. The Morgan fingerprint density at radius 1 is 1.27 bits per heavy atom. The molecule has 0 unspecified atom stereocenters. The highest BCUT2D eigenvalue weighted by Crippen LogP contribution is 2.28. The van der Waals surface area contributed by atoms with Crippen molar-refractivity contribution in [3.8, 4) is 0 Å². The van der Waals surface area contributed by atoms with Crippen LogP contribution in [-0.4, -0.2) is 13.1 Å². The van der Waals surface area contributed by atoms with E-state index in [1.54, 1.807) is 5.57 Å². The SMILES string of the molecule is C=C(NCCC)NCCCCC=C1CC1. The summed E-state index contributed by atoms with van der Waals surface area (Å²) in [5.41, 5.74) is 1.66. The van der Waals surface area contributed by atoms with E-state index in [0.717, 1.165) is 25.3 Å². The lowest BCUT2D eigenvalue weighted by atomic mass is 10.2. The highest BCUT2D eigenvalue weighted by Gasteiger charge is 2.08. The third kappa shape index (κ3) is 7.06. The molecule has 0 aromatic carbocycles. The van der Waals surface area contributed by atoms with E-state index in [9.17, 15) is 0 Å². The van der Waals surface area contributed by atoms with Crippen molar-refractivity contribution in [2.75, 3.05) is 13.1 Å². The molecule has 0 spiro atoms. The van der Waals surface area contributed by atoms with E-state index in [4.69, 9.17) is 0 Å². The first-order chi connectivity index (χ1) is 7.33. The Labute approximate surface area is 93.8 Å². The molecule has 1 fully saturated rings. The summed E-state index contributed by atoms with van der Waals surface area (Å²) in [6.07, 6.45) is 10.0. The van der Waals surface area contributed by atoms with Crippen LogP contribution in [0, 0.1) is 0 Å². The van der Waals surface area contributed by atoms with Gasteiger partial charge in [-0.2, -0.15) is 0 Å². The van der Waals surface area contributed by atoms with E-state index in [0.29, 0.717) is 0 Å². The van der Waals surface area contributed by atoms with E-state index in [1.165, 1.54) is 32.1 Å². The lowest BCUT2D eigenvalue weighted by Gasteiger charge is -2.10. The Balaban J connectivity index is 1.83. The Kier molecular flexibility index (Phi) is 5.98. The fourth-order valence-electron chi connectivity index (χ4n) is 1.43. The minimum Gasteiger partial charge on any atom is -0.372 e. The molecule has 0 saturated heterocycles. The summed E-state index contributed by atoms with van der Waals surface area (Å²) in [5.74, 6) is 0.970. The normalized spacial score (nSPS) is 13.5. The summed E-state index contributed by atoms with van der Waals surface area (Å²) in [4.78, 5) is 0. The van der Waals surface area contributed by atoms with Crippen LogP contribution in [0.1, 0.15) is 45.4 Å². The van der Waals surface area contributed by atoms with Crippen LogP contribution in [0.3, 0.4) is 0 Å². The fourth-order valence-corrected chi connectivity index (χ4v) is 1.43. The fraction of sp³-hybridized carbons (Fsp3) is 0.692. The summed E-state index contributed by atoms with van der Waals surface area (Å²) in [6.45, 7) is 8.12. The number of hydrogen-bond acceptors (Lipinski definition) is 2. The molecule has 0 aromatic rings. The molecule has 0 heterocycles. The van der Waals surface area contributed by atoms with Crippen LogP contribution in [0.2, 0.25) is 0 Å². The van der Waals surface area contributed by atoms with Gasteiger partial charge in [0.2, 0.25) is 0 Å². The van der Waals surface area contributed by atoms with E-state index in [1.807, 2.05) is 0 Å². The molecule has 2 N–H and O–H groups in total. The molecule has 15 heavy (non-hydrogen) atoms. The third-order valence-corrected chi connectivity index (χ3v) is 2.53. The van der Waals surface area contributed by atoms with Crippen molar-refractivity contribution in [1.29, 1.82) is 0 Å². The molecule has 1 aliphatic rings. The van der Waals surface area contributed by atoms with Crippen LogP contribution in [0.4, 0.5) is 0 Å². The summed E-state index contributed by atoms with van der Waals surface area (Å²) in [7, 11) is 0. The van der Waals surface area contributed by atoms with Gasteiger partial charge < -0.3 is 10.6 Å². The second kappa shape index (κ2) is 7.38. The summed E-state index contributed by atoms with van der Waals surface area (Å²) < 4.78 is 0. The van der Waals surface area contributed by atoms with Crippen molar-refractivity contribution in [3.63, 3.8) is 0 Å². The number of nitrogens with one attached hydrogen (secondary N) is 2. The molecule has 0 radical (unpaired) electrons. The Bertz CT molecular complexity index is 213. The highest BCUT2D eigenvalue weighted by molar-refractivity contribution is 5.15. The maximum atomic E-state index is 3.91. The van der Waals surface area contributed by atoms with Gasteiger partial charge >= 0.3 is 0 Å². The zero-order valence-corrected chi connectivity index (χ0v) is 9.94. The first kappa shape index (κ1) is 12.2. The Hall–Kier alpha value is -0.920. The van der Waals surface area contributed by atoms with Crippen molar-refractivity contribution in [3.05, 3.63) is 24.0 Å². The molecule has 2 nitrogen and oxygen atoms in total. The van der Waals surface area contributed by atoms with E-state index in [2.05, 4.69) is 30.2 Å². The molecule has 0 aromatic heterocycles. The largest absolute Gasteiger partial charge is 0.372 e. The van der Waals surface area contributed by atoms with Crippen molar-refractivity contribution >= 4 is 0 Å². The van der Waals surface area contributed by atoms with Crippen molar-refractivity contribution in [2.45, 2.75) is 45.4 Å². The van der Waals surface area contributed by atoms with Crippen molar-refractivity contribution in [2.24, 2.45) is 0 Å². The van der Waals surface area contributed by atoms with Crippen LogP contribution in [0.25, 0.3) is 0 Å². The zero-order chi connectivity index (χ0) is 10.9.